The summed E-state index contributed by atoms with van der Waals surface area (Å²) < 4.78 is 6.62. The molecule has 1 saturated heterocycles. The molecule has 0 aliphatic carbocycles. The summed E-state index contributed by atoms with van der Waals surface area (Å²) in [6, 6.07) is 0. The summed E-state index contributed by atoms with van der Waals surface area (Å²) in [7, 11) is 0. The second kappa shape index (κ2) is 5.22. The van der Waals surface area contributed by atoms with Gasteiger partial charge >= 0.3 is 91.1 Å². The van der Waals surface area contributed by atoms with E-state index in [4.69, 9.17) is 17.1 Å². The number of ether oxygens (including phenoxy) is 1. The van der Waals surface area contributed by atoms with Crippen molar-refractivity contribution in [3.8, 4) is 10.4 Å². The average Bonchev–Trinajstić information content (AvgIpc) is 2.16. The van der Waals surface area contributed by atoms with E-state index in [1.54, 1.807) is 0 Å². The second-order valence-electron chi connectivity index (χ2n) is 2.68. The topological polar surface area (TPSA) is 105 Å². The standard InChI is InChI=1S/C7H11INO5/c1-2-8-6-3(10)5(14-9)4(11)7(12)13-6/h1,3-7,10-12H,9H2/q-1/t3-,4-,5?,6?,7?/m0/s1. The van der Waals surface area contributed by atoms with Crippen molar-refractivity contribution in [2.24, 2.45) is 5.90 Å². The van der Waals surface area contributed by atoms with Gasteiger partial charge in [-0.1, -0.05) is 0 Å². The number of halogens is 1. The Morgan fingerprint density at radius 1 is 1.36 bits per heavy atom. The number of hydrogen-bond donors (Lipinski definition) is 4. The van der Waals surface area contributed by atoms with Crippen LogP contribution in [0.4, 0.5) is 0 Å². The van der Waals surface area contributed by atoms with Gasteiger partial charge in [0.05, 0.1) is 0 Å². The number of aliphatic hydroxyl groups is 3. The first-order chi connectivity index (χ1) is 6.61. The Morgan fingerprint density at radius 2 is 2.00 bits per heavy atom. The van der Waals surface area contributed by atoms with E-state index in [1.165, 1.54) is 0 Å². The van der Waals surface area contributed by atoms with Gasteiger partial charge in [-0.25, -0.2) is 0 Å². The molecule has 14 heavy (non-hydrogen) atoms. The van der Waals surface area contributed by atoms with E-state index in [1.807, 2.05) is 0 Å². The van der Waals surface area contributed by atoms with E-state index >= 15 is 0 Å². The summed E-state index contributed by atoms with van der Waals surface area (Å²) in [6.45, 7) is 0. The van der Waals surface area contributed by atoms with Crippen LogP contribution in [0.15, 0.2) is 0 Å². The summed E-state index contributed by atoms with van der Waals surface area (Å²) in [5, 5.41) is 28.1. The predicted octanol–water partition coefficient (Wildman–Crippen LogP) is -5.68. The van der Waals surface area contributed by atoms with Crippen LogP contribution in [0.1, 0.15) is 0 Å². The van der Waals surface area contributed by atoms with Crippen LogP contribution in [0.5, 0.6) is 0 Å². The molecule has 0 aromatic carbocycles. The fraction of sp³-hybridized carbons (Fsp3) is 0.714. The van der Waals surface area contributed by atoms with E-state index in [-0.39, 0.29) is 0 Å². The Labute approximate surface area is 91.2 Å². The van der Waals surface area contributed by atoms with Crippen LogP contribution in [0, 0.1) is 10.4 Å². The molecule has 6 nitrogen and oxygen atoms in total. The maximum atomic E-state index is 9.58. The average molecular weight is 316 g/mol. The first-order valence-electron chi connectivity index (χ1n) is 3.75. The van der Waals surface area contributed by atoms with E-state index in [2.05, 4.69) is 8.76 Å². The molecule has 5 N–H and O–H groups in total. The number of aliphatic hydroxyl groups excluding tert-OH is 3. The van der Waals surface area contributed by atoms with Gasteiger partial charge in [0.15, 0.2) is 0 Å². The Hall–Kier alpha value is 0.0500. The fourth-order valence-corrected chi connectivity index (χ4v) is 2.70. The quantitative estimate of drug-likeness (QED) is 0.175. The number of nitrogens with two attached hydrogens (primary N) is 1. The molecule has 1 fully saturated rings. The molecule has 0 saturated carbocycles. The minimum atomic E-state index is -1.43. The second-order valence-corrected chi connectivity index (χ2v) is 5.15. The fourth-order valence-electron chi connectivity index (χ4n) is 1.12. The molecule has 82 valence electrons. The van der Waals surface area contributed by atoms with Crippen molar-refractivity contribution in [3.63, 3.8) is 0 Å². The number of alkyl halides is 1. The van der Waals surface area contributed by atoms with Crippen molar-refractivity contribution in [3.05, 3.63) is 0 Å². The van der Waals surface area contributed by atoms with Gasteiger partial charge in [-0.15, -0.1) is 0 Å². The minimum absolute atomic E-state index is 0.675. The molecular formula is C7H11INO5-. The Balaban J connectivity index is 2.71. The zero-order chi connectivity index (χ0) is 10.7. The van der Waals surface area contributed by atoms with Gasteiger partial charge in [0, 0.05) is 0 Å². The van der Waals surface area contributed by atoms with Gasteiger partial charge in [0.25, 0.3) is 0 Å². The van der Waals surface area contributed by atoms with Crippen molar-refractivity contribution in [1.29, 1.82) is 0 Å². The monoisotopic (exact) mass is 316 g/mol. The Bertz CT molecular complexity index is 233. The molecule has 0 radical (unpaired) electrons. The maximum absolute atomic E-state index is 9.58. The van der Waals surface area contributed by atoms with Crippen molar-refractivity contribution < 1.29 is 46.1 Å². The van der Waals surface area contributed by atoms with Crippen LogP contribution in [-0.4, -0.2) is 44.0 Å². The molecule has 3 unspecified atom stereocenters. The van der Waals surface area contributed by atoms with Crippen molar-refractivity contribution >= 4 is 0 Å². The first-order valence-corrected chi connectivity index (χ1v) is 6.07. The summed E-state index contributed by atoms with van der Waals surface area (Å²) >= 11 is -0.864. The number of hydrogen-bond acceptors (Lipinski definition) is 6. The third-order valence-corrected chi connectivity index (χ3v) is 3.83. The zero-order valence-electron chi connectivity index (χ0n) is 7.08. The molecule has 5 atom stereocenters. The van der Waals surface area contributed by atoms with E-state index in [0.29, 0.717) is 0 Å². The molecule has 1 aliphatic heterocycles. The predicted molar refractivity (Wildman–Crippen MR) is 40.8 cm³/mol. The summed E-state index contributed by atoms with van der Waals surface area (Å²) in [4.78, 5) is 4.37. The van der Waals surface area contributed by atoms with Gasteiger partial charge in [0.1, 0.15) is 0 Å². The molecule has 0 amide bonds. The third kappa shape index (κ3) is 2.34. The number of rotatable bonds is 2. The first kappa shape index (κ1) is 12.1. The Morgan fingerprint density at radius 3 is 2.50 bits per heavy atom. The van der Waals surface area contributed by atoms with Crippen molar-refractivity contribution in [2.75, 3.05) is 0 Å². The van der Waals surface area contributed by atoms with Crippen LogP contribution in [0.2, 0.25) is 0 Å². The van der Waals surface area contributed by atoms with Gasteiger partial charge in [-0.3, -0.25) is 0 Å². The van der Waals surface area contributed by atoms with Crippen LogP contribution in [0.25, 0.3) is 0 Å². The van der Waals surface area contributed by atoms with Crippen LogP contribution in [0.3, 0.4) is 0 Å². The van der Waals surface area contributed by atoms with Gasteiger partial charge in [0.2, 0.25) is 0 Å². The van der Waals surface area contributed by atoms with Crippen molar-refractivity contribution in [2.45, 2.75) is 28.7 Å². The molecule has 7 heteroatoms. The normalized spacial score (nSPS) is 43.5. The number of terminal acetylenes is 1. The Kier molecular flexibility index (Phi) is 4.52. The van der Waals surface area contributed by atoms with Gasteiger partial charge in [-0.2, -0.15) is 0 Å². The van der Waals surface area contributed by atoms with Crippen LogP contribution < -0.4 is 27.1 Å². The van der Waals surface area contributed by atoms with Gasteiger partial charge in [-0.05, 0) is 0 Å². The molecule has 1 rings (SSSR count). The van der Waals surface area contributed by atoms with Crippen LogP contribution >= 0.6 is 0 Å². The third-order valence-electron chi connectivity index (χ3n) is 1.83. The van der Waals surface area contributed by atoms with E-state index in [9.17, 15) is 15.3 Å². The molecule has 0 aromatic heterocycles. The summed E-state index contributed by atoms with van der Waals surface area (Å²) in [5.41, 5.74) is 0. The SMILES string of the molecule is C#C[I-]C1OC(O)[C@@H](O)C(ON)[C@@H]1O. The van der Waals surface area contributed by atoms with E-state index < -0.39 is 49.9 Å². The molecule has 0 bridgehead atoms. The van der Waals surface area contributed by atoms with E-state index in [0.717, 1.165) is 0 Å². The summed E-state index contributed by atoms with van der Waals surface area (Å²) in [6.07, 6.45) is 0.105. The summed E-state index contributed by atoms with van der Waals surface area (Å²) in [5.74, 6) is 4.88. The molecule has 0 aromatic rings. The molecule has 1 aliphatic rings. The zero-order valence-corrected chi connectivity index (χ0v) is 9.24. The molecule has 0 spiro atoms. The molecule has 1 heterocycles. The molecular weight excluding hydrogens is 305 g/mol. The van der Waals surface area contributed by atoms with Crippen molar-refractivity contribution in [1.82, 2.24) is 0 Å². The van der Waals surface area contributed by atoms with Crippen LogP contribution in [-0.2, 0) is 9.57 Å². The van der Waals surface area contributed by atoms with Gasteiger partial charge < -0.3 is 0 Å².